The van der Waals surface area contributed by atoms with Crippen LogP contribution < -0.4 is 10.5 Å². The summed E-state index contributed by atoms with van der Waals surface area (Å²) in [5, 5.41) is 0. The minimum atomic E-state index is -4.85. The van der Waals surface area contributed by atoms with E-state index in [4.69, 9.17) is 10.5 Å². The highest BCUT2D eigenvalue weighted by molar-refractivity contribution is 5.92. The predicted octanol–water partition coefficient (Wildman–Crippen LogP) is 3.26. The van der Waals surface area contributed by atoms with E-state index in [1.165, 1.54) is 18.2 Å². The molecule has 0 saturated heterocycles. The molecule has 0 fully saturated rings. The van der Waals surface area contributed by atoms with E-state index in [1.54, 1.807) is 0 Å². The second-order valence-electron chi connectivity index (χ2n) is 4.38. The van der Waals surface area contributed by atoms with E-state index in [2.05, 4.69) is 4.74 Å². The number of para-hydroxylation sites is 1. The average molecular weight is 305 g/mol. The fourth-order valence-electron chi connectivity index (χ4n) is 1.69. The Hall–Kier alpha value is -1.76. The van der Waals surface area contributed by atoms with Crippen LogP contribution >= 0.6 is 0 Å². The molecule has 0 aliphatic rings. The molecule has 0 spiro atoms. The summed E-state index contributed by atoms with van der Waals surface area (Å²) in [6.07, 6.45) is -1.52. The highest BCUT2D eigenvalue weighted by Crippen LogP contribution is 2.26. The van der Waals surface area contributed by atoms with Crippen LogP contribution in [0.3, 0.4) is 0 Å². The summed E-state index contributed by atoms with van der Waals surface area (Å²) in [6, 6.07) is 5.11. The molecule has 0 amide bonds. The number of alkyl halides is 3. The molecule has 1 aromatic carbocycles. The van der Waals surface area contributed by atoms with Crippen molar-refractivity contribution in [2.75, 3.05) is 13.2 Å². The number of ether oxygens (including phenoxy) is 2. The molecule has 21 heavy (non-hydrogen) atoms. The van der Waals surface area contributed by atoms with E-state index < -0.39 is 18.1 Å². The van der Waals surface area contributed by atoms with Gasteiger partial charge in [-0.3, -0.25) is 0 Å². The highest BCUT2D eigenvalue weighted by atomic mass is 19.4. The lowest BCUT2D eigenvalue weighted by Crippen LogP contribution is -2.19. The smallest absolute Gasteiger partial charge is 0.462 e. The van der Waals surface area contributed by atoms with Gasteiger partial charge in [0, 0.05) is 0 Å². The van der Waals surface area contributed by atoms with Crippen molar-refractivity contribution >= 4 is 5.97 Å². The van der Waals surface area contributed by atoms with Gasteiger partial charge in [-0.1, -0.05) is 25.0 Å². The summed E-state index contributed by atoms with van der Waals surface area (Å²) in [5.41, 5.74) is 5.10. The van der Waals surface area contributed by atoms with Crippen LogP contribution in [0, 0.1) is 0 Å². The van der Waals surface area contributed by atoms with Gasteiger partial charge in [0.05, 0.1) is 6.61 Å². The van der Waals surface area contributed by atoms with Gasteiger partial charge >= 0.3 is 12.3 Å². The second kappa shape index (κ2) is 8.51. The first-order chi connectivity index (χ1) is 9.94. The zero-order chi connectivity index (χ0) is 15.7. The predicted molar refractivity (Wildman–Crippen MR) is 70.9 cm³/mol. The van der Waals surface area contributed by atoms with E-state index in [1.807, 2.05) is 0 Å². The van der Waals surface area contributed by atoms with Gasteiger partial charge in [-0.2, -0.15) is 0 Å². The Morgan fingerprint density at radius 1 is 1.10 bits per heavy atom. The number of esters is 1. The molecular weight excluding hydrogens is 287 g/mol. The number of benzene rings is 1. The van der Waals surface area contributed by atoms with Crippen LogP contribution in [0.15, 0.2) is 24.3 Å². The molecule has 0 atom stereocenters. The lowest BCUT2D eigenvalue weighted by Gasteiger charge is -2.12. The summed E-state index contributed by atoms with van der Waals surface area (Å²) in [4.78, 5) is 11.8. The number of carbonyl (C=O) groups excluding carboxylic acids is 1. The number of carbonyl (C=O) groups is 1. The Balaban J connectivity index is 2.50. The fraction of sp³-hybridized carbons (Fsp3) is 0.500. The molecular formula is C14H18F3NO3. The molecule has 0 aliphatic carbocycles. The number of unbranched alkanes of at least 4 members (excludes halogenated alkanes) is 3. The van der Waals surface area contributed by atoms with Gasteiger partial charge in [-0.25, -0.2) is 4.79 Å². The molecule has 7 heteroatoms. The lowest BCUT2D eigenvalue weighted by molar-refractivity contribution is -0.274. The van der Waals surface area contributed by atoms with Crippen LogP contribution in [0.25, 0.3) is 0 Å². The highest BCUT2D eigenvalue weighted by Gasteiger charge is 2.33. The Bertz CT molecular complexity index is 449. The minimum Gasteiger partial charge on any atom is -0.462 e. The van der Waals surface area contributed by atoms with E-state index in [-0.39, 0.29) is 12.2 Å². The van der Waals surface area contributed by atoms with Gasteiger partial charge in [0.1, 0.15) is 11.3 Å². The van der Waals surface area contributed by atoms with Crippen molar-refractivity contribution in [3.63, 3.8) is 0 Å². The molecule has 2 N–H and O–H groups in total. The molecule has 0 saturated carbocycles. The number of rotatable bonds is 8. The standard InChI is InChI=1S/C14H18F3NO3/c15-14(16,17)21-12-8-4-3-7-11(12)13(19)20-10-6-2-1-5-9-18/h3-4,7-8H,1-2,5-6,9-10,18H2. The van der Waals surface area contributed by atoms with E-state index >= 15 is 0 Å². The molecule has 0 heterocycles. The van der Waals surface area contributed by atoms with Crippen molar-refractivity contribution in [2.45, 2.75) is 32.0 Å². The first-order valence-corrected chi connectivity index (χ1v) is 6.66. The van der Waals surface area contributed by atoms with Crippen molar-refractivity contribution in [2.24, 2.45) is 5.73 Å². The van der Waals surface area contributed by atoms with Crippen molar-refractivity contribution in [1.29, 1.82) is 0 Å². The SMILES string of the molecule is NCCCCCCOC(=O)c1ccccc1OC(F)(F)F. The van der Waals surface area contributed by atoms with E-state index in [0.717, 1.165) is 25.3 Å². The molecule has 1 aromatic rings. The van der Waals surface area contributed by atoms with Gasteiger partial charge in [0.2, 0.25) is 0 Å². The van der Waals surface area contributed by atoms with Gasteiger partial charge in [0.25, 0.3) is 0 Å². The maximum atomic E-state index is 12.2. The van der Waals surface area contributed by atoms with Crippen LogP contribution in [0.1, 0.15) is 36.0 Å². The maximum Gasteiger partial charge on any atom is 0.573 e. The molecule has 0 aromatic heterocycles. The number of nitrogens with two attached hydrogens (primary N) is 1. The Morgan fingerprint density at radius 3 is 2.43 bits per heavy atom. The molecule has 0 bridgehead atoms. The van der Waals surface area contributed by atoms with Crippen LogP contribution in [0.5, 0.6) is 5.75 Å². The number of hydrogen-bond acceptors (Lipinski definition) is 4. The molecule has 1 rings (SSSR count). The van der Waals surface area contributed by atoms with E-state index in [9.17, 15) is 18.0 Å². The Kier molecular flexibility index (Phi) is 7.01. The second-order valence-corrected chi connectivity index (χ2v) is 4.38. The molecule has 0 unspecified atom stereocenters. The summed E-state index contributed by atoms with van der Waals surface area (Å²) >= 11 is 0. The van der Waals surface area contributed by atoms with E-state index in [0.29, 0.717) is 13.0 Å². The maximum absolute atomic E-state index is 12.2. The van der Waals surface area contributed by atoms with Crippen LogP contribution in [-0.2, 0) is 4.74 Å². The monoisotopic (exact) mass is 305 g/mol. The third-order valence-corrected chi connectivity index (χ3v) is 2.66. The summed E-state index contributed by atoms with van der Waals surface area (Å²) in [7, 11) is 0. The lowest BCUT2D eigenvalue weighted by atomic mass is 10.2. The summed E-state index contributed by atoms with van der Waals surface area (Å²) in [5.74, 6) is -1.38. The zero-order valence-corrected chi connectivity index (χ0v) is 11.5. The van der Waals surface area contributed by atoms with Crippen molar-refractivity contribution in [3.8, 4) is 5.75 Å². The third kappa shape index (κ3) is 6.99. The average Bonchev–Trinajstić information content (AvgIpc) is 2.41. The van der Waals surface area contributed by atoms with Crippen LogP contribution in [-0.4, -0.2) is 25.5 Å². The van der Waals surface area contributed by atoms with Gasteiger partial charge in [0.15, 0.2) is 0 Å². The topological polar surface area (TPSA) is 61.5 Å². The normalized spacial score (nSPS) is 11.2. The van der Waals surface area contributed by atoms with Crippen molar-refractivity contribution in [3.05, 3.63) is 29.8 Å². The molecule has 0 aliphatic heterocycles. The summed E-state index contributed by atoms with van der Waals surface area (Å²) < 4.78 is 45.4. The molecule has 4 nitrogen and oxygen atoms in total. The third-order valence-electron chi connectivity index (χ3n) is 2.66. The first-order valence-electron chi connectivity index (χ1n) is 6.66. The zero-order valence-electron chi connectivity index (χ0n) is 11.5. The summed E-state index contributed by atoms with van der Waals surface area (Å²) in [6.45, 7) is 0.770. The van der Waals surface area contributed by atoms with Gasteiger partial charge < -0.3 is 15.2 Å². The van der Waals surface area contributed by atoms with Crippen molar-refractivity contribution in [1.82, 2.24) is 0 Å². The fourth-order valence-corrected chi connectivity index (χ4v) is 1.69. The van der Waals surface area contributed by atoms with Crippen LogP contribution in [0.4, 0.5) is 13.2 Å². The molecule has 118 valence electrons. The quantitative estimate of drug-likeness (QED) is 0.591. The van der Waals surface area contributed by atoms with Gasteiger partial charge in [-0.15, -0.1) is 13.2 Å². The Morgan fingerprint density at radius 2 is 1.76 bits per heavy atom. The number of halogens is 3. The minimum absolute atomic E-state index is 0.157. The molecule has 0 radical (unpaired) electrons. The van der Waals surface area contributed by atoms with Gasteiger partial charge in [-0.05, 0) is 31.5 Å². The largest absolute Gasteiger partial charge is 0.573 e. The van der Waals surface area contributed by atoms with Crippen molar-refractivity contribution < 1.29 is 27.4 Å². The Labute approximate surface area is 121 Å². The first kappa shape index (κ1) is 17.3. The van der Waals surface area contributed by atoms with Crippen LogP contribution in [0.2, 0.25) is 0 Å². The number of hydrogen-bond donors (Lipinski definition) is 1.